The summed E-state index contributed by atoms with van der Waals surface area (Å²) >= 11 is 0. The Balaban J connectivity index is 0.777. The average molecular weight is 1250 g/mol. The number of hydrogen-bond donors (Lipinski definition) is 0. The monoisotopic (exact) mass is 1250 g/mol. The van der Waals surface area contributed by atoms with E-state index in [0.29, 0.717) is 0 Å². The summed E-state index contributed by atoms with van der Waals surface area (Å²) in [6.45, 7) is 27.8. The Kier molecular flexibility index (Phi) is 13.1. The highest BCUT2D eigenvalue weighted by Crippen LogP contribution is 2.48. The molecule has 0 fully saturated rings. The van der Waals surface area contributed by atoms with Gasteiger partial charge in [0.15, 0.2) is 0 Å². The van der Waals surface area contributed by atoms with E-state index >= 15 is 0 Å². The lowest BCUT2D eigenvalue weighted by atomic mass is 9.80. The fourth-order valence-corrected chi connectivity index (χ4v) is 14.9. The van der Waals surface area contributed by atoms with Crippen molar-refractivity contribution >= 4 is 143 Å². The van der Waals surface area contributed by atoms with Gasteiger partial charge in [0.25, 0.3) is 0 Å². The third-order valence-corrected chi connectivity index (χ3v) is 20.2. The normalized spacial score (nSPS) is 12.8. The van der Waals surface area contributed by atoms with E-state index in [0.717, 1.165) is 88.8 Å². The van der Waals surface area contributed by atoms with Crippen molar-refractivity contribution in [2.45, 2.75) is 105 Å². The third-order valence-electron chi connectivity index (χ3n) is 20.2. The predicted molar refractivity (Wildman–Crippen MR) is 409 cm³/mol. The quantitative estimate of drug-likeness (QED) is 0.152. The average Bonchev–Trinajstić information content (AvgIpc) is 1.58. The van der Waals surface area contributed by atoms with Crippen LogP contribution in [0.1, 0.15) is 105 Å². The number of anilines is 6. The Bertz CT molecular complexity index is 5960. The number of nitrogens with zero attached hydrogens (tertiary/aromatic N) is 4. The van der Waals surface area contributed by atoms with Gasteiger partial charge in [0.05, 0.1) is 22.1 Å². The molecule has 17 aromatic rings. The maximum atomic E-state index is 7.00. The van der Waals surface area contributed by atoms with E-state index in [1.54, 1.807) is 0 Å². The van der Waals surface area contributed by atoms with Crippen LogP contribution in [0.2, 0.25) is 0 Å². The van der Waals surface area contributed by atoms with Crippen molar-refractivity contribution in [3.8, 4) is 11.4 Å². The summed E-state index contributed by atoms with van der Waals surface area (Å²) in [7, 11) is 0. The fraction of sp³-hybridized carbons (Fsp3) is 0.178. The highest BCUT2D eigenvalue weighted by molar-refractivity contribution is 6.23. The van der Waals surface area contributed by atoms with Crippen molar-refractivity contribution < 1.29 is 8.83 Å². The number of hydrogen-bond acceptors (Lipinski definition) is 4. The van der Waals surface area contributed by atoms with Crippen LogP contribution >= 0.6 is 0 Å². The first-order valence-electron chi connectivity index (χ1n) is 33.9. The first kappa shape index (κ1) is 59.0. The molecular weight excluding hydrogens is 1170 g/mol. The van der Waals surface area contributed by atoms with Crippen LogP contribution in [0.5, 0.6) is 0 Å². The molecule has 0 bridgehead atoms. The molecule has 17 rings (SSSR count). The molecule has 6 nitrogen and oxygen atoms in total. The number of aromatic nitrogens is 2. The minimum absolute atomic E-state index is 0.0213. The second-order valence-corrected chi connectivity index (χ2v) is 30.7. The molecule has 0 saturated heterocycles. The van der Waals surface area contributed by atoms with Gasteiger partial charge in [-0.25, -0.2) is 0 Å². The van der Waals surface area contributed by atoms with E-state index in [1.165, 1.54) is 88.0 Å². The molecule has 4 heterocycles. The lowest BCUT2D eigenvalue weighted by Gasteiger charge is -2.27. The van der Waals surface area contributed by atoms with E-state index in [1.807, 2.05) is 0 Å². The van der Waals surface area contributed by atoms with Crippen LogP contribution in [0.15, 0.2) is 264 Å². The molecule has 0 saturated carbocycles. The molecule has 470 valence electrons. The smallest absolute Gasteiger partial charge is 0.143 e. The Hall–Kier alpha value is -10.8. The summed E-state index contributed by atoms with van der Waals surface area (Å²) < 4.78 is 18.9. The molecule has 6 heteroatoms. The minimum atomic E-state index is -0.0282. The van der Waals surface area contributed by atoms with E-state index in [-0.39, 0.29) is 21.7 Å². The number of fused-ring (bicyclic) bond motifs is 16. The van der Waals surface area contributed by atoms with Gasteiger partial charge < -0.3 is 27.8 Å². The number of furan rings is 2. The molecule has 0 N–H and O–H groups in total. The summed E-state index contributed by atoms with van der Waals surface area (Å²) in [5.74, 6) is 0. The largest absolute Gasteiger partial charge is 0.455 e. The molecule has 0 atom stereocenters. The molecule has 0 spiro atoms. The lowest BCUT2D eigenvalue weighted by molar-refractivity contribution is 0.567. The summed E-state index contributed by atoms with van der Waals surface area (Å²) in [5, 5.41) is 13.4. The second kappa shape index (κ2) is 21.3. The van der Waals surface area contributed by atoms with Crippen molar-refractivity contribution in [3.05, 3.63) is 277 Å². The maximum absolute atomic E-state index is 7.00. The van der Waals surface area contributed by atoms with Crippen molar-refractivity contribution in [1.29, 1.82) is 0 Å². The molecule has 0 aliphatic carbocycles. The van der Waals surface area contributed by atoms with Gasteiger partial charge >= 0.3 is 0 Å². The molecular formula is C90H78N4O2. The van der Waals surface area contributed by atoms with Crippen LogP contribution in [0.4, 0.5) is 34.1 Å². The summed E-state index contributed by atoms with van der Waals surface area (Å²) in [6, 6.07) is 94.5. The standard InChI is InChI=1S/C90H78N4O2/c1-87(2,3)57-45-58(88(4,5)6)48-67(47-57)93-79-28-20-18-26-69(79)75-51-63(32-40-81(75)93)91(61-24-14-13-15-25-61)65-34-42-83-77(53-65)73-38-36-72-71(85(73)95-83)37-39-74-78-54-66(35-43-84(78)96-86(72)74)92(62-31-30-55-22-16-17-23-56(55)44-62)64-33-41-82-76(52-64)70-27-19-21-29-80(70)94(82)68-49-59(89(7,8)9)46-60(50-68)90(10,11)12/h13-54H,1-12H3. The zero-order chi connectivity index (χ0) is 65.9. The van der Waals surface area contributed by atoms with Crippen LogP contribution in [0.3, 0.4) is 0 Å². The zero-order valence-corrected chi connectivity index (χ0v) is 56.9. The maximum Gasteiger partial charge on any atom is 0.143 e. The first-order valence-corrected chi connectivity index (χ1v) is 33.9. The van der Waals surface area contributed by atoms with Crippen molar-refractivity contribution in [2.75, 3.05) is 9.80 Å². The molecule has 4 aromatic heterocycles. The van der Waals surface area contributed by atoms with Crippen LogP contribution < -0.4 is 9.80 Å². The summed E-state index contributed by atoms with van der Waals surface area (Å²) in [6.07, 6.45) is 0. The predicted octanol–water partition coefficient (Wildman–Crippen LogP) is 26.1. The Morgan fingerprint density at radius 3 is 1.01 bits per heavy atom. The lowest BCUT2D eigenvalue weighted by Crippen LogP contribution is -2.17. The highest BCUT2D eigenvalue weighted by Gasteiger charge is 2.28. The van der Waals surface area contributed by atoms with Gasteiger partial charge in [0.1, 0.15) is 22.3 Å². The molecule has 0 amide bonds. The van der Waals surface area contributed by atoms with Crippen LogP contribution in [-0.2, 0) is 21.7 Å². The van der Waals surface area contributed by atoms with E-state index in [2.05, 4.69) is 357 Å². The number of benzene rings is 13. The number of para-hydroxylation sites is 3. The van der Waals surface area contributed by atoms with Crippen molar-refractivity contribution in [2.24, 2.45) is 0 Å². The summed E-state index contributed by atoms with van der Waals surface area (Å²) in [5.41, 5.74) is 22.0. The SMILES string of the molecule is CC(C)(C)c1cc(-n2c3ccccc3c3cc(N(c4ccccc4)c4ccc5oc6c(ccc7c6ccc6c8cc(N(c9ccc%10ccccc%10c9)c9ccc%10c(c9)c9ccccc9n%10-c9cc(C(C)(C)C)cc(C(C)(C)C)c9)ccc8oc67)c5c4)ccc32)cc(C(C)(C)C)c1. The fourth-order valence-electron chi connectivity index (χ4n) is 14.9. The van der Waals surface area contributed by atoms with Crippen molar-refractivity contribution in [1.82, 2.24) is 9.13 Å². The Labute approximate surface area is 560 Å². The molecule has 96 heavy (non-hydrogen) atoms. The molecule has 0 aliphatic heterocycles. The Morgan fingerprint density at radius 1 is 0.240 bits per heavy atom. The van der Waals surface area contributed by atoms with Crippen LogP contribution in [-0.4, -0.2) is 9.13 Å². The third kappa shape index (κ3) is 9.66. The molecule has 0 aliphatic rings. The minimum Gasteiger partial charge on any atom is -0.455 e. The van der Waals surface area contributed by atoms with E-state index < -0.39 is 0 Å². The van der Waals surface area contributed by atoms with Crippen LogP contribution in [0, 0.1) is 0 Å². The van der Waals surface area contributed by atoms with Gasteiger partial charge in [-0.3, -0.25) is 0 Å². The van der Waals surface area contributed by atoms with E-state index in [4.69, 9.17) is 8.83 Å². The highest BCUT2D eigenvalue weighted by atomic mass is 16.3. The van der Waals surface area contributed by atoms with Gasteiger partial charge in [0.2, 0.25) is 0 Å². The van der Waals surface area contributed by atoms with E-state index in [9.17, 15) is 0 Å². The van der Waals surface area contributed by atoms with Gasteiger partial charge in [-0.15, -0.1) is 0 Å². The summed E-state index contributed by atoms with van der Waals surface area (Å²) in [4.78, 5) is 4.79. The zero-order valence-electron chi connectivity index (χ0n) is 56.9. The molecule has 0 radical (unpaired) electrons. The Morgan fingerprint density at radius 2 is 0.573 bits per heavy atom. The van der Waals surface area contributed by atoms with Gasteiger partial charge in [-0.1, -0.05) is 180 Å². The van der Waals surface area contributed by atoms with Crippen LogP contribution in [0.25, 0.3) is 120 Å². The van der Waals surface area contributed by atoms with Gasteiger partial charge in [-0.05, 0) is 212 Å². The number of rotatable bonds is 8. The topological polar surface area (TPSA) is 42.6 Å². The van der Waals surface area contributed by atoms with Gasteiger partial charge in [-0.2, -0.15) is 0 Å². The van der Waals surface area contributed by atoms with Crippen molar-refractivity contribution in [3.63, 3.8) is 0 Å². The molecule has 13 aromatic carbocycles. The van der Waals surface area contributed by atoms with Gasteiger partial charge in [0, 0.05) is 99.4 Å². The first-order chi connectivity index (χ1) is 46.1. The molecule has 0 unspecified atom stereocenters. The second-order valence-electron chi connectivity index (χ2n) is 30.7.